The fourth-order valence-corrected chi connectivity index (χ4v) is 5.76. The van der Waals surface area contributed by atoms with Crippen molar-refractivity contribution in [2.24, 2.45) is 0 Å². The van der Waals surface area contributed by atoms with Crippen LogP contribution in [0.3, 0.4) is 0 Å². The van der Waals surface area contributed by atoms with Crippen molar-refractivity contribution in [1.82, 2.24) is 20.5 Å². The lowest BCUT2D eigenvalue weighted by Gasteiger charge is -2.37. The van der Waals surface area contributed by atoms with E-state index >= 15 is 0 Å². The van der Waals surface area contributed by atoms with Crippen molar-refractivity contribution < 1.29 is 24.3 Å². The quantitative estimate of drug-likeness (QED) is 0.361. The number of hydrogen-bond donors (Lipinski definition) is 4. The minimum absolute atomic E-state index is 0.227. The SMILES string of the molecule is CSCC[C@H](NC(=O)[C@@H]1Cc2c([nH]c3ccccc23)[C@H]2c3ccccc3C(=O)N21)C(=O)N[C@@H](C)C(=O)O. The first-order chi connectivity index (χ1) is 17.8. The standard InChI is InChI=1S/C27H28N4O5S/c1-14(27(35)36)28-24(32)20(11-12-37-2)30-25(33)21-13-18-15-7-5-6-10-19(15)29-22(18)23-16-8-3-4-9-17(16)26(34)31(21)23/h3-10,14,20-21,23,29H,11-13H2,1-2H3,(H,28,32)(H,30,33)(H,35,36)/t14-,20-,21-,23+/m0/s1. The van der Waals surface area contributed by atoms with Crippen LogP contribution in [0.2, 0.25) is 0 Å². The van der Waals surface area contributed by atoms with Gasteiger partial charge >= 0.3 is 5.97 Å². The first-order valence-corrected chi connectivity index (χ1v) is 13.5. The molecule has 0 radical (unpaired) electrons. The molecule has 3 amide bonds. The number of nitrogens with zero attached hydrogens (tertiary/aromatic N) is 1. The Morgan fingerprint density at radius 2 is 1.86 bits per heavy atom. The van der Waals surface area contributed by atoms with Gasteiger partial charge in [0.1, 0.15) is 18.1 Å². The molecule has 3 heterocycles. The van der Waals surface area contributed by atoms with Gasteiger partial charge in [-0.15, -0.1) is 0 Å². The predicted molar refractivity (Wildman–Crippen MR) is 140 cm³/mol. The van der Waals surface area contributed by atoms with Gasteiger partial charge in [0, 0.05) is 28.6 Å². The number of fused-ring (bicyclic) bond motifs is 7. The monoisotopic (exact) mass is 520 g/mol. The highest BCUT2D eigenvalue weighted by molar-refractivity contribution is 7.98. The largest absolute Gasteiger partial charge is 0.480 e. The molecule has 3 aromatic rings. The van der Waals surface area contributed by atoms with Crippen molar-refractivity contribution in [2.75, 3.05) is 12.0 Å². The van der Waals surface area contributed by atoms with Crippen LogP contribution in [0.25, 0.3) is 10.9 Å². The number of thioether (sulfide) groups is 1. The van der Waals surface area contributed by atoms with E-state index in [0.717, 1.165) is 27.7 Å². The third kappa shape index (κ3) is 4.35. The van der Waals surface area contributed by atoms with Gasteiger partial charge in [0.15, 0.2) is 0 Å². The van der Waals surface area contributed by atoms with E-state index in [1.807, 2.05) is 48.7 Å². The number of carbonyl (C=O) groups is 4. The number of aromatic nitrogens is 1. The molecule has 2 aliphatic rings. The van der Waals surface area contributed by atoms with Crippen molar-refractivity contribution in [1.29, 1.82) is 0 Å². The van der Waals surface area contributed by atoms with Crippen molar-refractivity contribution in [2.45, 2.75) is 43.9 Å². The number of aliphatic carboxylic acids is 1. The summed E-state index contributed by atoms with van der Waals surface area (Å²) in [4.78, 5) is 56.6. The zero-order valence-corrected chi connectivity index (χ0v) is 21.3. The molecule has 0 spiro atoms. The van der Waals surface area contributed by atoms with Crippen LogP contribution in [-0.4, -0.2) is 68.8 Å². The fraction of sp³-hybridized carbons (Fsp3) is 0.333. The zero-order chi connectivity index (χ0) is 26.3. The third-order valence-electron chi connectivity index (χ3n) is 7.13. The van der Waals surface area contributed by atoms with E-state index in [4.69, 9.17) is 0 Å². The Morgan fingerprint density at radius 3 is 2.62 bits per heavy atom. The second-order valence-corrected chi connectivity index (χ2v) is 10.4. The number of aromatic amines is 1. The van der Waals surface area contributed by atoms with E-state index in [9.17, 15) is 24.3 Å². The van der Waals surface area contributed by atoms with Crippen LogP contribution >= 0.6 is 11.8 Å². The van der Waals surface area contributed by atoms with Crippen molar-refractivity contribution >= 4 is 46.4 Å². The summed E-state index contributed by atoms with van der Waals surface area (Å²) < 4.78 is 0. The molecule has 4 atom stereocenters. The molecule has 0 aliphatic carbocycles. The molecule has 9 nitrogen and oxygen atoms in total. The number of hydrogen-bond acceptors (Lipinski definition) is 5. The molecule has 0 unspecified atom stereocenters. The highest BCUT2D eigenvalue weighted by Gasteiger charge is 2.49. The Hall–Kier alpha value is -3.79. The smallest absolute Gasteiger partial charge is 0.325 e. The summed E-state index contributed by atoms with van der Waals surface area (Å²) in [5.74, 6) is -1.80. The first kappa shape index (κ1) is 24.9. The van der Waals surface area contributed by atoms with E-state index in [1.165, 1.54) is 18.7 Å². The molecule has 10 heteroatoms. The Balaban J connectivity index is 1.50. The number of rotatable bonds is 8. The number of carboxylic acids is 1. The molecule has 2 aliphatic heterocycles. The lowest BCUT2D eigenvalue weighted by molar-refractivity contribution is -0.141. The maximum atomic E-state index is 13.8. The van der Waals surface area contributed by atoms with E-state index in [0.29, 0.717) is 24.2 Å². The van der Waals surface area contributed by atoms with Crippen LogP contribution in [0.5, 0.6) is 0 Å². The summed E-state index contributed by atoms with van der Waals surface area (Å²) in [5.41, 5.74) is 4.21. The number of nitrogens with one attached hydrogen (secondary N) is 3. The number of H-pyrrole nitrogens is 1. The highest BCUT2D eigenvalue weighted by Crippen LogP contribution is 2.46. The molecular formula is C27H28N4O5S. The van der Waals surface area contributed by atoms with Crippen LogP contribution in [0.4, 0.5) is 0 Å². The van der Waals surface area contributed by atoms with Gasteiger partial charge in [-0.2, -0.15) is 11.8 Å². The molecule has 192 valence electrons. The predicted octanol–water partition coefficient (Wildman–Crippen LogP) is 2.46. The van der Waals surface area contributed by atoms with Crippen LogP contribution < -0.4 is 10.6 Å². The van der Waals surface area contributed by atoms with Crippen molar-refractivity contribution in [3.8, 4) is 0 Å². The van der Waals surface area contributed by atoms with Gasteiger partial charge in [-0.25, -0.2) is 0 Å². The Bertz CT molecular complexity index is 1400. The van der Waals surface area contributed by atoms with Gasteiger partial charge in [-0.05, 0) is 48.6 Å². The fourth-order valence-electron chi connectivity index (χ4n) is 5.29. The number of benzene rings is 2. The van der Waals surface area contributed by atoms with Gasteiger partial charge in [-0.3, -0.25) is 19.2 Å². The van der Waals surface area contributed by atoms with Crippen molar-refractivity contribution in [3.05, 3.63) is 70.9 Å². The molecule has 0 fully saturated rings. The third-order valence-corrected chi connectivity index (χ3v) is 7.77. The normalized spacial score (nSPS) is 19.5. The minimum atomic E-state index is -1.16. The first-order valence-electron chi connectivity index (χ1n) is 12.1. The number of carboxylic acid groups (broad SMARTS) is 1. The lowest BCUT2D eigenvalue weighted by Crippen LogP contribution is -2.57. The molecule has 2 aromatic carbocycles. The Kier molecular flexibility index (Phi) is 6.68. The summed E-state index contributed by atoms with van der Waals surface area (Å²) >= 11 is 1.52. The Labute approximate surface area is 218 Å². The van der Waals surface area contributed by atoms with Gasteiger partial charge in [0.25, 0.3) is 5.91 Å². The molecule has 1 aromatic heterocycles. The number of para-hydroxylation sites is 1. The molecule has 0 saturated heterocycles. The number of amides is 3. The molecule has 37 heavy (non-hydrogen) atoms. The van der Waals surface area contributed by atoms with Crippen LogP contribution in [0.1, 0.15) is 46.6 Å². The van der Waals surface area contributed by atoms with Crippen LogP contribution in [0.15, 0.2) is 48.5 Å². The topological polar surface area (TPSA) is 132 Å². The van der Waals surface area contributed by atoms with Gasteiger partial charge in [-0.1, -0.05) is 36.4 Å². The van der Waals surface area contributed by atoms with Gasteiger partial charge < -0.3 is 25.6 Å². The molecular weight excluding hydrogens is 492 g/mol. The average Bonchev–Trinajstić information content (AvgIpc) is 3.41. The molecule has 0 saturated carbocycles. The summed E-state index contributed by atoms with van der Waals surface area (Å²) in [6.45, 7) is 1.37. The van der Waals surface area contributed by atoms with Gasteiger partial charge in [0.05, 0.1) is 6.04 Å². The van der Waals surface area contributed by atoms with Crippen molar-refractivity contribution in [3.63, 3.8) is 0 Å². The number of carbonyl (C=O) groups excluding carboxylic acids is 3. The van der Waals surface area contributed by atoms with Gasteiger partial charge in [0.2, 0.25) is 11.8 Å². The average molecular weight is 521 g/mol. The lowest BCUT2D eigenvalue weighted by atomic mass is 9.89. The maximum absolute atomic E-state index is 13.8. The zero-order valence-electron chi connectivity index (χ0n) is 20.5. The molecule has 0 bridgehead atoms. The molecule has 5 rings (SSSR count). The second-order valence-electron chi connectivity index (χ2n) is 9.40. The van der Waals surface area contributed by atoms with E-state index < -0.39 is 42.0 Å². The Morgan fingerprint density at radius 1 is 1.14 bits per heavy atom. The highest BCUT2D eigenvalue weighted by atomic mass is 32.2. The van der Waals surface area contributed by atoms with E-state index in [1.54, 1.807) is 11.0 Å². The maximum Gasteiger partial charge on any atom is 0.325 e. The summed E-state index contributed by atoms with van der Waals surface area (Å²) in [6, 6.07) is 11.9. The summed E-state index contributed by atoms with van der Waals surface area (Å²) in [6.07, 6.45) is 2.51. The van der Waals surface area contributed by atoms with E-state index in [2.05, 4.69) is 15.6 Å². The molecule has 4 N–H and O–H groups in total. The summed E-state index contributed by atoms with van der Waals surface area (Å²) in [7, 11) is 0. The van der Waals surface area contributed by atoms with Crippen LogP contribution in [0, 0.1) is 0 Å². The van der Waals surface area contributed by atoms with E-state index in [-0.39, 0.29) is 5.91 Å². The minimum Gasteiger partial charge on any atom is -0.480 e. The summed E-state index contributed by atoms with van der Waals surface area (Å²) in [5, 5.41) is 15.5. The van der Waals surface area contributed by atoms with Crippen LogP contribution in [-0.2, 0) is 20.8 Å². The second kappa shape index (κ2) is 9.93.